The summed E-state index contributed by atoms with van der Waals surface area (Å²) in [5, 5.41) is 0. The highest BCUT2D eigenvalue weighted by Gasteiger charge is 2.45. The van der Waals surface area contributed by atoms with E-state index in [2.05, 4.69) is 24.3 Å². The van der Waals surface area contributed by atoms with Crippen LogP contribution in [0.1, 0.15) is 31.9 Å². The van der Waals surface area contributed by atoms with Crippen molar-refractivity contribution in [3.8, 4) is 0 Å². The smallest absolute Gasteiger partial charge is 0.331 e. The first-order chi connectivity index (χ1) is 9.28. The number of carbonyl (C=O) groups excluding carboxylic acids is 3. The molecule has 0 amide bonds. The van der Waals surface area contributed by atoms with Gasteiger partial charge in [-0.15, -0.1) is 0 Å². The molecule has 5 heteroatoms. The number of cyclic esters (lactones) is 2. The average Bonchev–Trinajstić information content (AvgIpc) is 2.26. The van der Waals surface area contributed by atoms with Gasteiger partial charge in [-0.25, -0.2) is 0 Å². The van der Waals surface area contributed by atoms with Gasteiger partial charge in [0.05, 0.1) is 0 Å². The summed E-state index contributed by atoms with van der Waals surface area (Å²) in [5.41, 5.74) is 2.97. The third kappa shape index (κ3) is 3.04. The molecule has 106 valence electrons. The molecule has 1 aromatic carbocycles. The zero-order valence-electron chi connectivity index (χ0n) is 11.6. The molecule has 0 aromatic heterocycles. The van der Waals surface area contributed by atoms with Gasteiger partial charge in [-0.3, -0.25) is 14.4 Å². The Balaban J connectivity index is 0.000000173. The Labute approximate surface area is 116 Å². The van der Waals surface area contributed by atoms with Crippen LogP contribution in [0.2, 0.25) is 0 Å². The van der Waals surface area contributed by atoms with Gasteiger partial charge in [-0.1, -0.05) is 24.3 Å². The third-order valence-corrected chi connectivity index (χ3v) is 2.97. The Morgan fingerprint density at radius 2 is 1.60 bits per heavy atom. The lowest BCUT2D eigenvalue weighted by Gasteiger charge is -2.31. The number of carbonyl (C=O) groups is 3. The van der Waals surface area contributed by atoms with E-state index in [-0.39, 0.29) is 0 Å². The van der Waals surface area contributed by atoms with Gasteiger partial charge in [-0.05, 0) is 24.5 Å². The molecule has 1 fully saturated rings. The number of hydrogen-bond acceptors (Lipinski definition) is 5. The largest absolute Gasteiger partial charge is 0.422 e. The second-order valence-electron chi connectivity index (χ2n) is 5.28. The number of hydrogen-bond donors (Lipinski definition) is 0. The number of benzene rings is 1. The first kappa shape index (κ1) is 14.2. The number of ether oxygens (including phenoxy) is 2. The Kier molecular flexibility index (Phi) is 3.61. The molecule has 1 aromatic rings. The number of rotatable bonds is 1. The molecule has 1 heterocycles. The van der Waals surface area contributed by atoms with Crippen molar-refractivity contribution in [1.29, 1.82) is 0 Å². The lowest BCUT2D eigenvalue weighted by atomic mass is 9.94. The van der Waals surface area contributed by atoms with Gasteiger partial charge in [0, 0.05) is 13.8 Å². The molecule has 2 bridgehead atoms. The van der Waals surface area contributed by atoms with Crippen molar-refractivity contribution in [1.82, 2.24) is 0 Å². The predicted octanol–water partition coefficient (Wildman–Crippen LogP) is 1.62. The van der Waals surface area contributed by atoms with Crippen LogP contribution >= 0.6 is 0 Å². The number of ketones is 1. The Morgan fingerprint density at radius 1 is 1.15 bits per heavy atom. The van der Waals surface area contributed by atoms with Crippen LogP contribution in [0.5, 0.6) is 0 Å². The molecule has 4 rings (SSSR count). The van der Waals surface area contributed by atoms with E-state index in [4.69, 9.17) is 9.47 Å². The normalized spacial score (nSPS) is 18.9. The van der Waals surface area contributed by atoms with Crippen LogP contribution in [0.4, 0.5) is 0 Å². The van der Waals surface area contributed by atoms with Crippen molar-refractivity contribution < 1.29 is 23.9 Å². The first-order valence-electron chi connectivity index (χ1n) is 6.32. The molecule has 2 aliphatic carbocycles. The summed E-state index contributed by atoms with van der Waals surface area (Å²) in [6, 6.07) is 8.65. The van der Waals surface area contributed by atoms with Crippen molar-refractivity contribution in [3.63, 3.8) is 0 Å². The molecule has 0 radical (unpaired) electrons. The maximum Gasteiger partial charge on any atom is 0.331 e. The maximum atomic E-state index is 11.1. The van der Waals surface area contributed by atoms with Crippen LogP contribution in [-0.4, -0.2) is 23.5 Å². The Morgan fingerprint density at radius 3 is 1.85 bits per heavy atom. The van der Waals surface area contributed by atoms with Crippen molar-refractivity contribution in [2.24, 2.45) is 5.92 Å². The van der Waals surface area contributed by atoms with E-state index in [9.17, 15) is 14.4 Å². The highest BCUT2D eigenvalue weighted by molar-refractivity contribution is 6.15. The summed E-state index contributed by atoms with van der Waals surface area (Å²) in [7, 11) is 0. The van der Waals surface area contributed by atoms with Crippen LogP contribution in [-0.2, 0) is 30.3 Å². The molecule has 1 aliphatic heterocycles. The molecule has 0 spiro atoms. The number of esters is 2. The van der Waals surface area contributed by atoms with Gasteiger partial charge in [0.25, 0.3) is 5.79 Å². The van der Waals surface area contributed by atoms with Crippen molar-refractivity contribution in [2.75, 3.05) is 0 Å². The fourth-order valence-corrected chi connectivity index (χ4v) is 2.01. The van der Waals surface area contributed by atoms with E-state index in [1.165, 1.54) is 31.4 Å². The number of fused-ring (bicyclic) bond motifs is 2. The van der Waals surface area contributed by atoms with Gasteiger partial charge in [-0.2, -0.15) is 0 Å². The van der Waals surface area contributed by atoms with E-state index >= 15 is 0 Å². The summed E-state index contributed by atoms with van der Waals surface area (Å²) in [4.78, 5) is 33.1. The number of Topliss-reactive ketones (excluding diaryl/α,β-unsaturated/α-hetero) is 1. The Hall–Kier alpha value is -2.17. The summed E-state index contributed by atoms with van der Waals surface area (Å²) in [5.74, 6) is -4.92. The van der Waals surface area contributed by atoms with Crippen molar-refractivity contribution >= 4 is 17.7 Å². The lowest BCUT2D eigenvalue weighted by molar-refractivity contribution is -0.238. The standard InChI is InChI=1S/C8H10O5.C7H6/c1-4(9)5-6(10)12-8(2,3)13-7(5)11;1-2-6-4-7(3-1)5-6/h5H,1-3H3;1-4H,5H2. The van der Waals surface area contributed by atoms with Crippen LogP contribution in [0.15, 0.2) is 24.3 Å². The summed E-state index contributed by atoms with van der Waals surface area (Å²) in [6.45, 7) is 4.00. The van der Waals surface area contributed by atoms with E-state index in [0.29, 0.717) is 0 Å². The van der Waals surface area contributed by atoms with Crippen LogP contribution in [0, 0.1) is 5.92 Å². The quantitative estimate of drug-likeness (QED) is 0.584. The molecule has 0 N–H and O–H groups in total. The molecule has 0 saturated carbocycles. The van der Waals surface area contributed by atoms with Gasteiger partial charge in [0.15, 0.2) is 5.78 Å². The van der Waals surface area contributed by atoms with Crippen molar-refractivity contribution in [3.05, 3.63) is 35.4 Å². The van der Waals surface area contributed by atoms with Crippen molar-refractivity contribution in [2.45, 2.75) is 33.0 Å². The van der Waals surface area contributed by atoms with Crippen LogP contribution in [0.3, 0.4) is 0 Å². The highest BCUT2D eigenvalue weighted by atomic mass is 16.7. The molecule has 0 unspecified atom stereocenters. The maximum absolute atomic E-state index is 11.1. The lowest BCUT2D eigenvalue weighted by Crippen LogP contribution is -2.48. The summed E-state index contributed by atoms with van der Waals surface area (Å²) >= 11 is 0. The molecular weight excluding hydrogens is 260 g/mol. The minimum Gasteiger partial charge on any atom is -0.422 e. The molecule has 5 nitrogen and oxygen atoms in total. The predicted molar refractivity (Wildman–Crippen MR) is 69.7 cm³/mol. The molecule has 0 atom stereocenters. The first-order valence-corrected chi connectivity index (χ1v) is 6.32. The monoisotopic (exact) mass is 276 g/mol. The van der Waals surface area contributed by atoms with Gasteiger partial charge in [0.1, 0.15) is 0 Å². The zero-order chi connectivity index (χ0) is 14.9. The minimum absolute atomic E-state index is 0.564. The molecule has 3 aliphatic rings. The van der Waals surface area contributed by atoms with Gasteiger partial charge >= 0.3 is 11.9 Å². The molecule has 1 saturated heterocycles. The molecule has 20 heavy (non-hydrogen) atoms. The summed E-state index contributed by atoms with van der Waals surface area (Å²) in [6.07, 6.45) is 1.22. The zero-order valence-corrected chi connectivity index (χ0v) is 11.6. The minimum atomic E-state index is -1.41. The average molecular weight is 276 g/mol. The Bertz CT molecular complexity index is 529. The van der Waals surface area contributed by atoms with Gasteiger partial charge < -0.3 is 9.47 Å². The molecular formula is C15H16O5. The SMILES string of the molecule is CC(=O)C1C(=O)OC(C)(C)OC1=O.c1cc2cc(c1)C2. The second-order valence-corrected chi connectivity index (χ2v) is 5.28. The fourth-order valence-electron chi connectivity index (χ4n) is 2.01. The van der Waals surface area contributed by atoms with Crippen LogP contribution in [0.25, 0.3) is 0 Å². The van der Waals surface area contributed by atoms with E-state index in [1.807, 2.05) is 0 Å². The fraction of sp³-hybridized carbons (Fsp3) is 0.400. The summed E-state index contributed by atoms with van der Waals surface area (Å²) < 4.78 is 9.43. The van der Waals surface area contributed by atoms with E-state index in [1.54, 1.807) is 0 Å². The van der Waals surface area contributed by atoms with E-state index in [0.717, 1.165) is 6.92 Å². The second kappa shape index (κ2) is 5.07. The van der Waals surface area contributed by atoms with Gasteiger partial charge in [0.2, 0.25) is 5.92 Å². The topological polar surface area (TPSA) is 69.7 Å². The van der Waals surface area contributed by atoms with Crippen LogP contribution < -0.4 is 0 Å². The third-order valence-electron chi connectivity index (χ3n) is 2.97. The van der Waals surface area contributed by atoms with E-state index < -0.39 is 29.4 Å². The highest BCUT2D eigenvalue weighted by Crippen LogP contribution is 2.23.